The summed E-state index contributed by atoms with van der Waals surface area (Å²) >= 11 is 0. The maximum Gasteiger partial charge on any atom is 0.0594 e. The van der Waals surface area contributed by atoms with E-state index in [-0.39, 0.29) is 0 Å². The summed E-state index contributed by atoms with van der Waals surface area (Å²) in [6, 6.07) is 0.778. The van der Waals surface area contributed by atoms with Crippen molar-refractivity contribution in [3.63, 3.8) is 0 Å². The van der Waals surface area contributed by atoms with Gasteiger partial charge < -0.3 is 15.4 Å². The van der Waals surface area contributed by atoms with Gasteiger partial charge in [-0.15, -0.1) is 0 Å². The van der Waals surface area contributed by atoms with Crippen molar-refractivity contribution in [1.82, 2.24) is 15.5 Å². The lowest BCUT2D eigenvalue weighted by Gasteiger charge is -2.26. The maximum absolute atomic E-state index is 5.37. The van der Waals surface area contributed by atoms with E-state index in [1.54, 1.807) is 0 Å². The Bertz CT molecular complexity index is 236. The van der Waals surface area contributed by atoms with Crippen LogP contribution in [0.25, 0.3) is 0 Å². The molecule has 2 fully saturated rings. The largest absolute Gasteiger partial charge is 0.379 e. The van der Waals surface area contributed by atoms with Gasteiger partial charge >= 0.3 is 0 Å². The standard InChI is InChI=1S/C17H35N3O/c1-2-4-7-17(8-5-3-1)19-11-10-18-9-6-12-20-13-15-21-16-14-20/h17-19H,1-16H2. The minimum atomic E-state index is 0.778. The molecule has 0 radical (unpaired) electrons. The summed E-state index contributed by atoms with van der Waals surface area (Å²) < 4.78 is 5.37. The fourth-order valence-corrected chi connectivity index (χ4v) is 3.40. The molecule has 4 heteroatoms. The predicted molar refractivity (Wildman–Crippen MR) is 88.9 cm³/mol. The Morgan fingerprint density at radius 1 is 0.857 bits per heavy atom. The topological polar surface area (TPSA) is 36.5 Å². The van der Waals surface area contributed by atoms with Gasteiger partial charge in [-0.1, -0.05) is 32.1 Å². The molecule has 1 saturated heterocycles. The first-order chi connectivity index (χ1) is 10.4. The molecule has 0 atom stereocenters. The lowest BCUT2D eigenvalue weighted by Crippen LogP contribution is -2.38. The number of ether oxygens (including phenoxy) is 1. The lowest BCUT2D eigenvalue weighted by atomic mass is 9.97. The molecule has 2 aliphatic rings. The minimum absolute atomic E-state index is 0.778. The van der Waals surface area contributed by atoms with Crippen LogP contribution in [0, 0.1) is 0 Å². The van der Waals surface area contributed by atoms with Crippen LogP contribution in [0.2, 0.25) is 0 Å². The Hall–Kier alpha value is -0.160. The summed E-state index contributed by atoms with van der Waals surface area (Å²) in [5.41, 5.74) is 0. The van der Waals surface area contributed by atoms with Crippen LogP contribution in [0.15, 0.2) is 0 Å². The van der Waals surface area contributed by atoms with Gasteiger partial charge in [-0.2, -0.15) is 0 Å². The molecular formula is C17H35N3O. The fraction of sp³-hybridized carbons (Fsp3) is 1.00. The maximum atomic E-state index is 5.37. The molecule has 0 aromatic rings. The van der Waals surface area contributed by atoms with Crippen LogP contribution in [0.3, 0.4) is 0 Å². The van der Waals surface area contributed by atoms with Crippen LogP contribution in [0.5, 0.6) is 0 Å². The SMILES string of the molecule is C1CCCC(NCCNCCCN2CCOCC2)CCC1. The highest BCUT2D eigenvalue weighted by atomic mass is 16.5. The monoisotopic (exact) mass is 297 g/mol. The van der Waals surface area contributed by atoms with E-state index in [2.05, 4.69) is 15.5 Å². The van der Waals surface area contributed by atoms with Gasteiger partial charge in [0.05, 0.1) is 13.2 Å². The van der Waals surface area contributed by atoms with Crippen LogP contribution in [0.4, 0.5) is 0 Å². The van der Waals surface area contributed by atoms with Crippen LogP contribution in [-0.4, -0.2) is 63.4 Å². The zero-order valence-corrected chi connectivity index (χ0v) is 13.7. The van der Waals surface area contributed by atoms with Crippen molar-refractivity contribution in [1.29, 1.82) is 0 Å². The quantitative estimate of drug-likeness (QED) is 0.672. The Kier molecular flexibility index (Phi) is 9.35. The van der Waals surface area contributed by atoms with E-state index in [0.29, 0.717) is 0 Å². The van der Waals surface area contributed by atoms with Gasteiger partial charge in [0.15, 0.2) is 0 Å². The smallest absolute Gasteiger partial charge is 0.0594 e. The number of nitrogens with zero attached hydrogens (tertiary/aromatic N) is 1. The van der Waals surface area contributed by atoms with Gasteiger partial charge in [-0.25, -0.2) is 0 Å². The van der Waals surface area contributed by atoms with Crippen molar-refractivity contribution in [2.75, 3.05) is 52.5 Å². The van der Waals surface area contributed by atoms with Crippen molar-refractivity contribution in [2.24, 2.45) is 0 Å². The molecule has 124 valence electrons. The molecule has 0 aromatic heterocycles. The number of hydrogen-bond acceptors (Lipinski definition) is 4. The van der Waals surface area contributed by atoms with Gasteiger partial charge in [-0.05, 0) is 32.4 Å². The number of nitrogens with one attached hydrogen (secondary N) is 2. The molecule has 4 nitrogen and oxygen atoms in total. The Labute approximate surface area is 131 Å². The summed E-state index contributed by atoms with van der Waals surface area (Å²) in [6.07, 6.45) is 11.2. The van der Waals surface area contributed by atoms with Crippen LogP contribution >= 0.6 is 0 Å². The lowest BCUT2D eigenvalue weighted by molar-refractivity contribution is 0.0375. The highest BCUT2D eigenvalue weighted by Crippen LogP contribution is 2.16. The third-order valence-electron chi connectivity index (χ3n) is 4.77. The molecule has 0 bridgehead atoms. The Morgan fingerprint density at radius 2 is 1.57 bits per heavy atom. The van der Waals surface area contributed by atoms with Gasteiger partial charge in [-0.3, -0.25) is 4.90 Å². The third-order valence-corrected chi connectivity index (χ3v) is 4.77. The molecular weight excluding hydrogens is 262 g/mol. The van der Waals surface area contributed by atoms with Gasteiger partial charge in [0.2, 0.25) is 0 Å². The summed E-state index contributed by atoms with van der Waals surface area (Å²) in [7, 11) is 0. The highest BCUT2D eigenvalue weighted by Gasteiger charge is 2.10. The first-order valence-electron chi connectivity index (χ1n) is 9.19. The summed E-state index contributed by atoms with van der Waals surface area (Å²) in [4.78, 5) is 2.51. The van der Waals surface area contributed by atoms with E-state index in [1.165, 1.54) is 57.9 Å². The summed E-state index contributed by atoms with van der Waals surface area (Å²) in [6.45, 7) is 8.65. The Morgan fingerprint density at radius 3 is 2.33 bits per heavy atom. The van der Waals surface area contributed by atoms with Crippen LogP contribution in [-0.2, 0) is 4.74 Å². The Balaban J connectivity index is 1.39. The van der Waals surface area contributed by atoms with Crippen LogP contribution in [0.1, 0.15) is 51.4 Å². The molecule has 0 unspecified atom stereocenters. The number of hydrogen-bond donors (Lipinski definition) is 2. The number of rotatable bonds is 8. The second-order valence-corrected chi connectivity index (χ2v) is 6.55. The van der Waals surface area contributed by atoms with E-state index in [1.807, 2.05) is 0 Å². The minimum Gasteiger partial charge on any atom is -0.379 e. The average Bonchev–Trinajstić information content (AvgIpc) is 2.49. The molecule has 1 aliphatic heterocycles. The zero-order chi connectivity index (χ0) is 14.6. The van der Waals surface area contributed by atoms with Crippen molar-refractivity contribution in [3.05, 3.63) is 0 Å². The van der Waals surface area contributed by atoms with Gasteiger partial charge in [0, 0.05) is 32.2 Å². The molecule has 1 heterocycles. The first-order valence-corrected chi connectivity index (χ1v) is 9.19. The molecule has 2 rings (SSSR count). The summed E-state index contributed by atoms with van der Waals surface area (Å²) in [5.74, 6) is 0. The van der Waals surface area contributed by atoms with Crippen molar-refractivity contribution >= 4 is 0 Å². The molecule has 0 spiro atoms. The summed E-state index contributed by atoms with van der Waals surface area (Å²) in [5, 5.41) is 7.31. The van der Waals surface area contributed by atoms with Gasteiger partial charge in [0.1, 0.15) is 0 Å². The molecule has 1 aliphatic carbocycles. The third kappa shape index (κ3) is 8.15. The van der Waals surface area contributed by atoms with E-state index in [4.69, 9.17) is 4.74 Å². The normalized spacial score (nSPS) is 22.9. The highest BCUT2D eigenvalue weighted by molar-refractivity contribution is 4.70. The molecule has 1 saturated carbocycles. The molecule has 21 heavy (non-hydrogen) atoms. The predicted octanol–water partition coefficient (Wildman–Crippen LogP) is 2.00. The molecule has 0 amide bonds. The van der Waals surface area contributed by atoms with Gasteiger partial charge in [0.25, 0.3) is 0 Å². The second-order valence-electron chi connectivity index (χ2n) is 6.55. The van der Waals surface area contributed by atoms with E-state index < -0.39 is 0 Å². The number of morpholine rings is 1. The fourth-order valence-electron chi connectivity index (χ4n) is 3.40. The van der Waals surface area contributed by atoms with Crippen molar-refractivity contribution in [2.45, 2.75) is 57.4 Å². The molecule has 2 N–H and O–H groups in total. The van der Waals surface area contributed by atoms with E-state index in [0.717, 1.165) is 52.0 Å². The average molecular weight is 297 g/mol. The second kappa shape index (κ2) is 11.4. The zero-order valence-electron chi connectivity index (χ0n) is 13.7. The molecule has 0 aromatic carbocycles. The first kappa shape index (κ1) is 17.2. The van der Waals surface area contributed by atoms with Crippen molar-refractivity contribution < 1.29 is 4.74 Å². The van der Waals surface area contributed by atoms with E-state index >= 15 is 0 Å². The van der Waals surface area contributed by atoms with Crippen molar-refractivity contribution in [3.8, 4) is 0 Å². The van der Waals surface area contributed by atoms with E-state index in [9.17, 15) is 0 Å². The van der Waals surface area contributed by atoms with Crippen LogP contribution < -0.4 is 10.6 Å².